The first-order valence-electron chi connectivity index (χ1n) is 7.54. The standard InChI is InChI=1S/C16H24N2O3/c1-4-11(2)21-14-9-12(7-8-17-14)15(20)18-16(3,10-19)13-5-6-13/h7-9,11,13,19H,4-6,10H2,1-3H3,(H,18,20). The summed E-state index contributed by atoms with van der Waals surface area (Å²) in [6.45, 7) is 5.83. The van der Waals surface area contributed by atoms with Crippen molar-refractivity contribution < 1.29 is 14.6 Å². The number of nitrogens with zero attached hydrogens (tertiary/aromatic N) is 1. The summed E-state index contributed by atoms with van der Waals surface area (Å²) in [7, 11) is 0. The van der Waals surface area contributed by atoms with Crippen molar-refractivity contribution in [2.45, 2.75) is 51.7 Å². The number of aliphatic hydroxyl groups excluding tert-OH is 1. The number of aliphatic hydroxyl groups is 1. The molecule has 0 bridgehead atoms. The second-order valence-corrected chi connectivity index (χ2v) is 6.02. The Balaban J connectivity index is 2.06. The first-order chi connectivity index (χ1) is 9.98. The van der Waals surface area contributed by atoms with Crippen LogP contribution in [0.5, 0.6) is 5.88 Å². The van der Waals surface area contributed by atoms with Crippen LogP contribution in [0, 0.1) is 5.92 Å². The van der Waals surface area contributed by atoms with Gasteiger partial charge in [0.2, 0.25) is 5.88 Å². The van der Waals surface area contributed by atoms with Gasteiger partial charge in [-0.05, 0) is 45.1 Å². The first-order valence-corrected chi connectivity index (χ1v) is 7.54. The molecule has 1 aromatic rings. The zero-order valence-corrected chi connectivity index (χ0v) is 12.9. The molecule has 2 N–H and O–H groups in total. The maximum Gasteiger partial charge on any atom is 0.252 e. The van der Waals surface area contributed by atoms with Crippen molar-refractivity contribution in [1.82, 2.24) is 10.3 Å². The molecule has 0 aromatic carbocycles. The fourth-order valence-electron chi connectivity index (χ4n) is 2.23. The number of amides is 1. The Morgan fingerprint density at radius 2 is 2.33 bits per heavy atom. The summed E-state index contributed by atoms with van der Waals surface area (Å²) in [6, 6.07) is 3.30. The van der Waals surface area contributed by atoms with Gasteiger partial charge in [-0.15, -0.1) is 0 Å². The molecule has 1 amide bonds. The minimum atomic E-state index is -0.544. The van der Waals surface area contributed by atoms with Gasteiger partial charge in [0.25, 0.3) is 5.91 Å². The van der Waals surface area contributed by atoms with Gasteiger partial charge in [-0.3, -0.25) is 4.79 Å². The zero-order valence-electron chi connectivity index (χ0n) is 12.9. The van der Waals surface area contributed by atoms with Crippen LogP contribution < -0.4 is 10.1 Å². The van der Waals surface area contributed by atoms with E-state index in [9.17, 15) is 9.90 Å². The molecule has 5 nitrogen and oxygen atoms in total. The maximum absolute atomic E-state index is 12.4. The second-order valence-electron chi connectivity index (χ2n) is 6.02. The van der Waals surface area contributed by atoms with Crippen molar-refractivity contribution in [1.29, 1.82) is 0 Å². The predicted molar refractivity (Wildman–Crippen MR) is 80.3 cm³/mol. The summed E-state index contributed by atoms with van der Waals surface area (Å²) in [6.07, 6.45) is 4.61. The fourth-order valence-corrected chi connectivity index (χ4v) is 2.23. The smallest absolute Gasteiger partial charge is 0.252 e. The summed E-state index contributed by atoms with van der Waals surface area (Å²) in [5, 5.41) is 12.5. The third-order valence-corrected chi connectivity index (χ3v) is 4.10. The van der Waals surface area contributed by atoms with E-state index in [-0.39, 0.29) is 18.6 Å². The fraction of sp³-hybridized carbons (Fsp3) is 0.625. The molecule has 0 aliphatic heterocycles. The SMILES string of the molecule is CCC(C)Oc1cc(C(=O)NC(C)(CO)C2CC2)ccn1. The van der Waals surface area contributed by atoms with Crippen molar-refractivity contribution >= 4 is 5.91 Å². The van der Waals surface area contributed by atoms with Crippen LogP contribution in [0.15, 0.2) is 18.3 Å². The molecule has 116 valence electrons. The monoisotopic (exact) mass is 292 g/mol. The van der Waals surface area contributed by atoms with E-state index in [4.69, 9.17) is 4.74 Å². The zero-order chi connectivity index (χ0) is 15.5. The number of rotatable bonds is 7. The molecule has 1 heterocycles. The number of carbonyl (C=O) groups is 1. The topological polar surface area (TPSA) is 71.5 Å². The summed E-state index contributed by atoms with van der Waals surface area (Å²) >= 11 is 0. The minimum absolute atomic E-state index is 0.0509. The number of hydrogen-bond acceptors (Lipinski definition) is 4. The van der Waals surface area contributed by atoms with E-state index in [1.165, 1.54) is 0 Å². The highest BCUT2D eigenvalue weighted by molar-refractivity contribution is 5.94. The molecule has 0 spiro atoms. The van der Waals surface area contributed by atoms with Crippen LogP contribution in [0.3, 0.4) is 0 Å². The van der Waals surface area contributed by atoms with E-state index in [1.54, 1.807) is 18.3 Å². The van der Waals surface area contributed by atoms with E-state index in [0.717, 1.165) is 19.3 Å². The first kappa shape index (κ1) is 15.8. The largest absolute Gasteiger partial charge is 0.475 e. The summed E-state index contributed by atoms with van der Waals surface area (Å²) in [5.74, 6) is 0.619. The third-order valence-electron chi connectivity index (χ3n) is 4.10. The van der Waals surface area contributed by atoms with E-state index in [1.807, 2.05) is 20.8 Å². The third kappa shape index (κ3) is 3.94. The molecular formula is C16H24N2O3. The Morgan fingerprint density at radius 3 is 2.90 bits per heavy atom. The van der Waals surface area contributed by atoms with Gasteiger partial charge in [0.15, 0.2) is 0 Å². The summed E-state index contributed by atoms with van der Waals surface area (Å²) in [5.41, 5.74) is -0.0402. The molecule has 1 aromatic heterocycles. The van der Waals surface area contributed by atoms with Crippen LogP contribution in [-0.4, -0.2) is 34.2 Å². The average Bonchev–Trinajstić information content (AvgIpc) is 3.32. The Hall–Kier alpha value is -1.62. The van der Waals surface area contributed by atoms with E-state index in [2.05, 4.69) is 10.3 Å². The second kappa shape index (κ2) is 6.43. The van der Waals surface area contributed by atoms with E-state index in [0.29, 0.717) is 17.4 Å². The average molecular weight is 292 g/mol. The van der Waals surface area contributed by atoms with Crippen molar-refractivity contribution in [2.75, 3.05) is 6.61 Å². The van der Waals surface area contributed by atoms with Crippen LogP contribution in [-0.2, 0) is 0 Å². The lowest BCUT2D eigenvalue weighted by Crippen LogP contribution is -2.50. The highest BCUT2D eigenvalue weighted by atomic mass is 16.5. The lowest BCUT2D eigenvalue weighted by molar-refractivity contribution is 0.0823. The number of hydrogen-bond donors (Lipinski definition) is 2. The van der Waals surface area contributed by atoms with Gasteiger partial charge in [-0.2, -0.15) is 0 Å². The van der Waals surface area contributed by atoms with Crippen LogP contribution in [0.4, 0.5) is 0 Å². The molecule has 1 aliphatic rings. The summed E-state index contributed by atoms with van der Waals surface area (Å²) in [4.78, 5) is 16.5. The summed E-state index contributed by atoms with van der Waals surface area (Å²) < 4.78 is 5.63. The van der Waals surface area contributed by atoms with Gasteiger partial charge in [-0.1, -0.05) is 6.92 Å². The number of aromatic nitrogens is 1. The van der Waals surface area contributed by atoms with Crippen molar-refractivity contribution in [3.05, 3.63) is 23.9 Å². The number of carbonyl (C=O) groups excluding carboxylic acids is 1. The lowest BCUT2D eigenvalue weighted by atomic mass is 9.96. The normalized spacial score (nSPS) is 18.7. The molecule has 0 radical (unpaired) electrons. The van der Waals surface area contributed by atoms with Gasteiger partial charge in [-0.25, -0.2) is 4.98 Å². The molecule has 0 saturated heterocycles. The van der Waals surface area contributed by atoms with Crippen LogP contribution in [0.2, 0.25) is 0 Å². The lowest BCUT2D eigenvalue weighted by Gasteiger charge is -2.28. The minimum Gasteiger partial charge on any atom is -0.475 e. The van der Waals surface area contributed by atoms with E-state index >= 15 is 0 Å². The number of nitrogens with one attached hydrogen (secondary N) is 1. The Labute approximate surface area is 125 Å². The van der Waals surface area contributed by atoms with Gasteiger partial charge in [0.1, 0.15) is 0 Å². The van der Waals surface area contributed by atoms with Gasteiger partial charge in [0.05, 0.1) is 18.2 Å². The van der Waals surface area contributed by atoms with Gasteiger partial charge in [0, 0.05) is 17.8 Å². The Morgan fingerprint density at radius 1 is 1.62 bits per heavy atom. The molecule has 2 rings (SSSR count). The molecule has 5 heteroatoms. The number of pyridine rings is 1. The maximum atomic E-state index is 12.4. The number of ether oxygens (including phenoxy) is 1. The molecule has 2 unspecified atom stereocenters. The molecule has 1 saturated carbocycles. The molecular weight excluding hydrogens is 268 g/mol. The van der Waals surface area contributed by atoms with Crippen molar-refractivity contribution in [2.24, 2.45) is 5.92 Å². The van der Waals surface area contributed by atoms with Crippen molar-refractivity contribution in [3.8, 4) is 5.88 Å². The molecule has 21 heavy (non-hydrogen) atoms. The molecule has 2 atom stereocenters. The van der Waals surface area contributed by atoms with Crippen molar-refractivity contribution in [3.63, 3.8) is 0 Å². The van der Waals surface area contributed by atoms with Crippen LogP contribution in [0.25, 0.3) is 0 Å². The van der Waals surface area contributed by atoms with Crippen LogP contribution in [0.1, 0.15) is 50.4 Å². The Kier molecular flexibility index (Phi) is 4.83. The van der Waals surface area contributed by atoms with Gasteiger partial charge < -0.3 is 15.2 Å². The quantitative estimate of drug-likeness (QED) is 0.808. The van der Waals surface area contributed by atoms with Crippen LogP contribution >= 0.6 is 0 Å². The highest BCUT2D eigenvalue weighted by Crippen LogP contribution is 2.39. The Bertz CT molecular complexity index is 502. The molecule has 1 fully saturated rings. The van der Waals surface area contributed by atoms with E-state index < -0.39 is 5.54 Å². The molecule has 1 aliphatic carbocycles. The van der Waals surface area contributed by atoms with Gasteiger partial charge >= 0.3 is 0 Å². The highest BCUT2D eigenvalue weighted by Gasteiger charge is 2.42. The predicted octanol–water partition coefficient (Wildman–Crippen LogP) is 2.15.